The molecule has 0 amide bonds. The van der Waals surface area contributed by atoms with E-state index in [2.05, 4.69) is 0 Å². The van der Waals surface area contributed by atoms with E-state index in [0.717, 1.165) is 0 Å². The molecule has 2 N–H and O–H groups in total. The minimum Gasteiger partial charge on any atom is -0.326 e. The SMILES string of the molecule is CCC(N)C(N(CC)CC(C)C)C(F)(F)F. The van der Waals surface area contributed by atoms with Crippen molar-refractivity contribution >= 4 is 0 Å². The Morgan fingerprint density at radius 1 is 1.19 bits per heavy atom. The normalized spacial score (nSPS) is 16.9. The van der Waals surface area contributed by atoms with E-state index in [4.69, 9.17) is 5.73 Å². The third kappa shape index (κ3) is 4.70. The molecule has 0 spiro atoms. The molecular formula is C11H23F3N2. The highest BCUT2D eigenvalue weighted by Crippen LogP contribution is 2.28. The first-order valence-electron chi connectivity index (χ1n) is 5.80. The lowest BCUT2D eigenvalue weighted by Gasteiger charge is -2.36. The van der Waals surface area contributed by atoms with E-state index in [1.807, 2.05) is 13.8 Å². The van der Waals surface area contributed by atoms with Crippen molar-refractivity contribution in [3.63, 3.8) is 0 Å². The van der Waals surface area contributed by atoms with Crippen LogP contribution in [0.5, 0.6) is 0 Å². The largest absolute Gasteiger partial charge is 0.405 e. The van der Waals surface area contributed by atoms with Crippen LogP contribution in [0, 0.1) is 5.92 Å². The monoisotopic (exact) mass is 240 g/mol. The van der Waals surface area contributed by atoms with E-state index in [9.17, 15) is 13.2 Å². The molecule has 98 valence electrons. The minimum absolute atomic E-state index is 0.203. The van der Waals surface area contributed by atoms with Crippen LogP contribution in [0.2, 0.25) is 0 Å². The Kier molecular flexibility index (Phi) is 6.33. The van der Waals surface area contributed by atoms with Gasteiger partial charge in [0, 0.05) is 12.6 Å². The number of nitrogens with two attached hydrogens (primary N) is 1. The van der Waals surface area contributed by atoms with E-state index in [1.54, 1.807) is 13.8 Å². The zero-order valence-corrected chi connectivity index (χ0v) is 10.5. The maximum atomic E-state index is 12.9. The fourth-order valence-corrected chi connectivity index (χ4v) is 1.85. The number of hydrogen-bond acceptors (Lipinski definition) is 2. The quantitative estimate of drug-likeness (QED) is 0.773. The number of rotatable bonds is 6. The molecule has 16 heavy (non-hydrogen) atoms. The molecule has 0 fully saturated rings. The van der Waals surface area contributed by atoms with Crippen LogP contribution in [0.15, 0.2) is 0 Å². The van der Waals surface area contributed by atoms with E-state index in [-0.39, 0.29) is 5.92 Å². The summed E-state index contributed by atoms with van der Waals surface area (Å²) >= 11 is 0. The summed E-state index contributed by atoms with van der Waals surface area (Å²) in [7, 11) is 0. The molecule has 0 radical (unpaired) electrons. The Bertz CT molecular complexity index is 192. The molecule has 2 atom stereocenters. The van der Waals surface area contributed by atoms with Crippen molar-refractivity contribution in [3.05, 3.63) is 0 Å². The summed E-state index contributed by atoms with van der Waals surface area (Å²) in [4.78, 5) is 1.43. The molecule has 0 aliphatic heterocycles. The average Bonchev–Trinajstić information content (AvgIpc) is 2.13. The number of halogens is 3. The van der Waals surface area contributed by atoms with Crippen LogP contribution in [0.1, 0.15) is 34.1 Å². The van der Waals surface area contributed by atoms with Gasteiger partial charge in [0.15, 0.2) is 0 Å². The number of hydrogen-bond donors (Lipinski definition) is 1. The maximum Gasteiger partial charge on any atom is 0.405 e. The van der Waals surface area contributed by atoms with Gasteiger partial charge < -0.3 is 5.73 Å². The molecule has 0 bridgehead atoms. The first-order valence-corrected chi connectivity index (χ1v) is 5.80. The second-order valence-electron chi connectivity index (χ2n) is 4.54. The van der Waals surface area contributed by atoms with Gasteiger partial charge >= 0.3 is 6.18 Å². The fourth-order valence-electron chi connectivity index (χ4n) is 1.85. The van der Waals surface area contributed by atoms with E-state index in [0.29, 0.717) is 19.5 Å². The average molecular weight is 240 g/mol. The number of alkyl halides is 3. The summed E-state index contributed by atoms with van der Waals surface area (Å²) < 4.78 is 38.8. The van der Waals surface area contributed by atoms with Gasteiger partial charge in [-0.3, -0.25) is 4.90 Å². The summed E-state index contributed by atoms with van der Waals surface area (Å²) in [6.07, 6.45) is -3.92. The third-order valence-corrected chi connectivity index (χ3v) is 2.61. The Hall–Kier alpha value is -0.290. The molecule has 0 aliphatic rings. The lowest BCUT2D eigenvalue weighted by atomic mass is 10.0. The van der Waals surface area contributed by atoms with Crippen molar-refractivity contribution in [1.82, 2.24) is 4.90 Å². The van der Waals surface area contributed by atoms with Crippen molar-refractivity contribution < 1.29 is 13.2 Å². The zero-order valence-electron chi connectivity index (χ0n) is 10.5. The Morgan fingerprint density at radius 2 is 1.69 bits per heavy atom. The summed E-state index contributed by atoms with van der Waals surface area (Å²) in [5.41, 5.74) is 5.59. The molecule has 0 saturated carbocycles. The molecule has 0 aromatic heterocycles. The highest BCUT2D eigenvalue weighted by Gasteiger charge is 2.46. The first-order chi connectivity index (χ1) is 7.23. The van der Waals surface area contributed by atoms with Crippen molar-refractivity contribution in [2.75, 3.05) is 13.1 Å². The van der Waals surface area contributed by atoms with Crippen molar-refractivity contribution in [3.8, 4) is 0 Å². The van der Waals surface area contributed by atoms with E-state index < -0.39 is 18.3 Å². The van der Waals surface area contributed by atoms with Gasteiger partial charge in [-0.2, -0.15) is 13.2 Å². The molecule has 0 heterocycles. The summed E-state index contributed by atoms with van der Waals surface area (Å²) in [5.74, 6) is 0.203. The summed E-state index contributed by atoms with van der Waals surface area (Å²) in [6, 6.07) is -2.37. The van der Waals surface area contributed by atoms with E-state index >= 15 is 0 Å². The topological polar surface area (TPSA) is 29.3 Å². The van der Waals surface area contributed by atoms with Crippen LogP contribution in [0.25, 0.3) is 0 Å². The number of likely N-dealkylation sites (N-methyl/N-ethyl adjacent to an activating group) is 1. The Balaban J connectivity index is 4.84. The molecule has 0 aliphatic carbocycles. The standard InChI is InChI=1S/C11H23F3N2/c1-5-9(15)10(11(12,13)14)16(6-2)7-8(3)4/h8-10H,5-7,15H2,1-4H3. The van der Waals surface area contributed by atoms with Crippen LogP contribution in [-0.2, 0) is 0 Å². The second kappa shape index (κ2) is 6.45. The molecule has 0 aromatic rings. The van der Waals surface area contributed by atoms with Crippen LogP contribution in [0.3, 0.4) is 0 Å². The third-order valence-electron chi connectivity index (χ3n) is 2.61. The highest BCUT2D eigenvalue weighted by molar-refractivity contribution is 4.87. The zero-order chi connectivity index (χ0) is 12.9. The van der Waals surface area contributed by atoms with Gasteiger partial charge in [0.1, 0.15) is 6.04 Å². The van der Waals surface area contributed by atoms with Gasteiger partial charge in [-0.05, 0) is 18.9 Å². The van der Waals surface area contributed by atoms with Gasteiger partial charge in [-0.1, -0.05) is 27.7 Å². The van der Waals surface area contributed by atoms with E-state index in [1.165, 1.54) is 4.90 Å². The van der Waals surface area contributed by atoms with Gasteiger partial charge in [-0.25, -0.2) is 0 Å². The van der Waals surface area contributed by atoms with Crippen LogP contribution in [-0.4, -0.2) is 36.2 Å². The highest BCUT2D eigenvalue weighted by atomic mass is 19.4. The second-order valence-corrected chi connectivity index (χ2v) is 4.54. The van der Waals surface area contributed by atoms with Crippen molar-refractivity contribution in [2.24, 2.45) is 11.7 Å². The van der Waals surface area contributed by atoms with Crippen molar-refractivity contribution in [2.45, 2.75) is 52.4 Å². The van der Waals surface area contributed by atoms with Crippen LogP contribution >= 0.6 is 0 Å². The molecule has 0 aromatic carbocycles. The van der Waals surface area contributed by atoms with Gasteiger partial charge in [-0.15, -0.1) is 0 Å². The molecular weight excluding hydrogens is 217 g/mol. The predicted octanol–water partition coefficient (Wildman–Crippen LogP) is 2.63. The molecule has 0 saturated heterocycles. The molecule has 0 rings (SSSR count). The number of nitrogens with zero attached hydrogens (tertiary/aromatic N) is 1. The Morgan fingerprint density at radius 3 is 1.94 bits per heavy atom. The van der Waals surface area contributed by atoms with Gasteiger partial charge in [0.05, 0.1) is 0 Å². The lowest BCUT2D eigenvalue weighted by Crippen LogP contribution is -2.56. The summed E-state index contributed by atoms with van der Waals surface area (Å²) in [5, 5.41) is 0. The fraction of sp³-hybridized carbons (Fsp3) is 1.00. The summed E-state index contributed by atoms with van der Waals surface area (Å²) in [6.45, 7) is 8.04. The van der Waals surface area contributed by atoms with Crippen molar-refractivity contribution in [1.29, 1.82) is 0 Å². The van der Waals surface area contributed by atoms with Gasteiger partial charge in [0.25, 0.3) is 0 Å². The predicted molar refractivity (Wildman–Crippen MR) is 60.2 cm³/mol. The minimum atomic E-state index is -4.25. The van der Waals surface area contributed by atoms with Gasteiger partial charge in [0.2, 0.25) is 0 Å². The molecule has 2 unspecified atom stereocenters. The van der Waals surface area contributed by atoms with Crippen LogP contribution < -0.4 is 5.73 Å². The lowest BCUT2D eigenvalue weighted by molar-refractivity contribution is -0.190. The maximum absolute atomic E-state index is 12.9. The smallest absolute Gasteiger partial charge is 0.326 e. The van der Waals surface area contributed by atoms with Crippen LogP contribution in [0.4, 0.5) is 13.2 Å². The Labute approximate surface area is 96.0 Å². The first kappa shape index (κ1) is 15.7. The molecule has 2 nitrogen and oxygen atoms in total. The molecule has 5 heteroatoms.